The smallest absolute Gasteiger partial charge is 0.261 e. The Morgan fingerprint density at radius 2 is 2.05 bits per heavy atom. The lowest BCUT2D eigenvalue weighted by molar-refractivity contribution is -0.134. The summed E-state index contributed by atoms with van der Waals surface area (Å²) < 4.78 is 0. The molecule has 1 fully saturated rings. The molecule has 1 saturated heterocycles. The number of aromatic nitrogens is 1. The number of amides is 3. The second kappa shape index (κ2) is 4.12. The zero-order valence-corrected chi connectivity index (χ0v) is 11.0. The lowest BCUT2D eigenvalue weighted by atomic mass is 10.0. The van der Waals surface area contributed by atoms with Gasteiger partial charge >= 0.3 is 0 Å². The van der Waals surface area contributed by atoms with Crippen LogP contribution < -0.4 is 10.2 Å². The van der Waals surface area contributed by atoms with Crippen LogP contribution in [0.2, 0.25) is 0 Å². The third-order valence-corrected chi connectivity index (χ3v) is 3.99. The number of hydrogen-bond acceptors (Lipinski definition) is 4. The maximum absolute atomic E-state index is 12.6. The molecule has 4 rings (SSSR count). The molecule has 0 radical (unpaired) electrons. The van der Waals surface area contributed by atoms with Gasteiger partial charge in [-0.05, 0) is 12.5 Å². The van der Waals surface area contributed by atoms with Crippen LogP contribution in [-0.2, 0) is 9.59 Å². The third-order valence-electron chi connectivity index (χ3n) is 3.99. The summed E-state index contributed by atoms with van der Waals surface area (Å²) in [5, 5.41) is 3.99. The lowest BCUT2D eigenvalue weighted by Crippen LogP contribution is -2.53. The van der Waals surface area contributed by atoms with Crippen molar-refractivity contribution in [2.45, 2.75) is 18.9 Å². The molecule has 2 aliphatic rings. The van der Waals surface area contributed by atoms with Gasteiger partial charge in [-0.25, -0.2) is 0 Å². The van der Waals surface area contributed by atoms with E-state index in [1.54, 1.807) is 6.20 Å². The van der Waals surface area contributed by atoms with Crippen LogP contribution in [0.1, 0.15) is 23.2 Å². The number of pyridine rings is 1. The molecule has 3 amide bonds. The summed E-state index contributed by atoms with van der Waals surface area (Å²) >= 11 is 0. The van der Waals surface area contributed by atoms with E-state index < -0.39 is 11.9 Å². The van der Waals surface area contributed by atoms with Crippen molar-refractivity contribution in [3.63, 3.8) is 0 Å². The van der Waals surface area contributed by atoms with E-state index in [0.29, 0.717) is 17.7 Å². The van der Waals surface area contributed by atoms with Crippen LogP contribution >= 0.6 is 0 Å². The molecule has 3 heterocycles. The van der Waals surface area contributed by atoms with Gasteiger partial charge in [0, 0.05) is 29.6 Å². The van der Waals surface area contributed by atoms with Gasteiger partial charge in [0.05, 0.1) is 11.3 Å². The van der Waals surface area contributed by atoms with Gasteiger partial charge in [0.25, 0.3) is 5.91 Å². The van der Waals surface area contributed by atoms with E-state index in [4.69, 9.17) is 0 Å². The zero-order valence-electron chi connectivity index (χ0n) is 11.0. The summed E-state index contributed by atoms with van der Waals surface area (Å²) in [7, 11) is 0. The van der Waals surface area contributed by atoms with Crippen LogP contribution in [0.5, 0.6) is 0 Å². The van der Waals surface area contributed by atoms with Gasteiger partial charge in [0.15, 0.2) is 0 Å². The first-order valence-electron chi connectivity index (χ1n) is 6.71. The van der Waals surface area contributed by atoms with E-state index in [0.717, 1.165) is 10.8 Å². The predicted molar refractivity (Wildman–Crippen MR) is 74.7 cm³/mol. The molecule has 0 spiro atoms. The number of anilines is 1. The number of carbonyl (C=O) groups is 3. The molecule has 104 valence electrons. The molecular formula is C15H11N3O3. The number of nitrogens with zero attached hydrogens (tertiary/aromatic N) is 2. The highest BCUT2D eigenvalue weighted by Crippen LogP contribution is 2.38. The van der Waals surface area contributed by atoms with Crippen LogP contribution in [-0.4, -0.2) is 28.7 Å². The fourth-order valence-electron chi connectivity index (χ4n) is 3.06. The van der Waals surface area contributed by atoms with E-state index in [9.17, 15) is 14.4 Å². The van der Waals surface area contributed by atoms with Gasteiger partial charge in [0.1, 0.15) is 6.04 Å². The summed E-state index contributed by atoms with van der Waals surface area (Å²) in [4.78, 5) is 41.5. The largest absolute Gasteiger partial charge is 0.295 e. The number of benzene rings is 1. The van der Waals surface area contributed by atoms with Crippen LogP contribution in [0, 0.1) is 0 Å². The van der Waals surface area contributed by atoms with Crippen molar-refractivity contribution >= 4 is 34.2 Å². The number of carbonyl (C=O) groups excluding carboxylic acids is 3. The Balaban J connectivity index is 1.86. The Bertz CT molecular complexity index is 810. The highest BCUT2D eigenvalue weighted by Gasteiger charge is 2.40. The Hall–Kier alpha value is -2.76. The Labute approximate surface area is 119 Å². The summed E-state index contributed by atoms with van der Waals surface area (Å²) in [5.41, 5.74) is 1.22. The summed E-state index contributed by atoms with van der Waals surface area (Å²) in [6, 6.07) is 4.89. The number of rotatable bonds is 1. The van der Waals surface area contributed by atoms with Gasteiger partial charge in [-0.2, -0.15) is 0 Å². The first kappa shape index (κ1) is 12.0. The van der Waals surface area contributed by atoms with E-state index in [-0.39, 0.29) is 18.2 Å². The SMILES string of the molecule is O=C1CCC(N2C(=O)c3cncc4cccc2c34)C(=O)N1. The van der Waals surface area contributed by atoms with Gasteiger partial charge in [-0.15, -0.1) is 0 Å². The minimum Gasteiger partial charge on any atom is -0.295 e. The first-order valence-corrected chi connectivity index (χ1v) is 6.71. The maximum atomic E-state index is 12.6. The van der Waals surface area contributed by atoms with Gasteiger partial charge in [-0.1, -0.05) is 12.1 Å². The lowest BCUT2D eigenvalue weighted by Gasteiger charge is -2.30. The van der Waals surface area contributed by atoms with E-state index in [2.05, 4.69) is 10.3 Å². The molecule has 1 aromatic carbocycles. The van der Waals surface area contributed by atoms with Crippen LogP contribution in [0.15, 0.2) is 30.6 Å². The zero-order chi connectivity index (χ0) is 14.6. The van der Waals surface area contributed by atoms with Crippen molar-refractivity contribution in [1.29, 1.82) is 0 Å². The Kier molecular flexibility index (Phi) is 2.35. The molecule has 6 heteroatoms. The fourth-order valence-corrected chi connectivity index (χ4v) is 3.06. The van der Waals surface area contributed by atoms with E-state index in [1.807, 2.05) is 18.2 Å². The minimum absolute atomic E-state index is 0.233. The van der Waals surface area contributed by atoms with E-state index in [1.165, 1.54) is 11.1 Å². The topological polar surface area (TPSA) is 79.4 Å². The van der Waals surface area contributed by atoms with Gasteiger partial charge in [0.2, 0.25) is 11.8 Å². The van der Waals surface area contributed by atoms with Crippen molar-refractivity contribution in [3.8, 4) is 0 Å². The van der Waals surface area contributed by atoms with E-state index >= 15 is 0 Å². The average molecular weight is 281 g/mol. The monoisotopic (exact) mass is 281 g/mol. The standard InChI is InChI=1S/C15H11N3O3/c19-12-5-4-11(14(20)17-12)18-10-3-1-2-8-6-16-7-9(13(8)10)15(18)21/h1-3,6-7,11H,4-5H2,(H,17,19,20). The summed E-state index contributed by atoms with van der Waals surface area (Å²) in [6.07, 6.45) is 3.81. The first-order chi connectivity index (χ1) is 10.2. The highest BCUT2D eigenvalue weighted by atomic mass is 16.2. The van der Waals surface area contributed by atoms with Crippen molar-refractivity contribution in [1.82, 2.24) is 10.3 Å². The van der Waals surface area contributed by atoms with Crippen molar-refractivity contribution in [2.24, 2.45) is 0 Å². The molecule has 1 N–H and O–H groups in total. The third kappa shape index (κ3) is 1.59. The van der Waals surface area contributed by atoms with Gasteiger partial charge < -0.3 is 0 Å². The molecule has 0 saturated carbocycles. The molecule has 1 aromatic heterocycles. The normalized spacial score (nSPS) is 21.0. The number of piperidine rings is 1. The highest BCUT2D eigenvalue weighted by molar-refractivity contribution is 6.26. The Morgan fingerprint density at radius 1 is 1.19 bits per heavy atom. The molecule has 1 atom stereocenters. The number of hydrogen-bond donors (Lipinski definition) is 1. The summed E-state index contributed by atoms with van der Waals surface area (Å²) in [5.74, 6) is -0.943. The quantitative estimate of drug-likeness (QED) is 0.791. The van der Waals surface area contributed by atoms with Crippen LogP contribution in [0.25, 0.3) is 10.8 Å². The van der Waals surface area contributed by atoms with Crippen LogP contribution in [0.3, 0.4) is 0 Å². The molecule has 0 aliphatic carbocycles. The molecule has 0 bridgehead atoms. The second-order valence-electron chi connectivity index (χ2n) is 5.20. The molecule has 6 nitrogen and oxygen atoms in total. The minimum atomic E-state index is -0.645. The number of imide groups is 1. The number of nitrogens with one attached hydrogen (secondary N) is 1. The molecule has 21 heavy (non-hydrogen) atoms. The molecule has 2 aliphatic heterocycles. The van der Waals surface area contributed by atoms with Crippen molar-refractivity contribution in [2.75, 3.05) is 4.90 Å². The second-order valence-corrected chi connectivity index (χ2v) is 5.20. The summed E-state index contributed by atoms with van der Waals surface area (Å²) in [6.45, 7) is 0. The maximum Gasteiger partial charge on any atom is 0.261 e. The van der Waals surface area contributed by atoms with Crippen LogP contribution in [0.4, 0.5) is 5.69 Å². The molecule has 2 aromatic rings. The van der Waals surface area contributed by atoms with Crippen molar-refractivity contribution < 1.29 is 14.4 Å². The van der Waals surface area contributed by atoms with Crippen molar-refractivity contribution in [3.05, 3.63) is 36.2 Å². The predicted octanol–water partition coefficient (Wildman–Crippen LogP) is 1.00. The van der Waals surface area contributed by atoms with Gasteiger partial charge in [-0.3, -0.25) is 29.6 Å². The average Bonchev–Trinajstić information content (AvgIpc) is 2.75. The molecular weight excluding hydrogens is 270 g/mol. The Morgan fingerprint density at radius 3 is 2.86 bits per heavy atom. The molecule has 1 unspecified atom stereocenters. The fraction of sp³-hybridized carbons (Fsp3) is 0.200.